The molecule has 0 saturated heterocycles. The van der Waals surface area contributed by atoms with Gasteiger partial charge in [-0.25, -0.2) is 9.99 Å². The van der Waals surface area contributed by atoms with Crippen molar-refractivity contribution < 1.29 is 18.3 Å². The van der Waals surface area contributed by atoms with Crippen LogP contribution in [0.15, 0.2) is 35.4 Å². The predicted octanol–water partition coefficient (Wildman–Crippen LogP) is 2.89. The molecule has 1 aliphatic heterocycles. The molecule has 2 heterocycles. The molecule has 1 unspecified atom stereocenters. The molecule has 1 atom stereocenters. The van der Waals surface area contributed by atoms with Gasteiger partial charge in [0.1, 0.15) is 0 Å². The third-order valence-corrected chi connectivity index (χ3v) is 3.94. The molecular formula is C15H13ClF3N5O. The molecule has 0 fully saturated rings. The molecule has 0 radical (unpaired) electrons. The van der Waals surface area contributed by atoms with Crippen LogP contribution in [0.25, 0.3) is 0 Å². The number of benzene rings is 1. The number of aromatic nitrogens is 2. The fourth-order valence-corrected chi connectivity index (χ4v) is 2.62. The largest absolute Gasteiger partial charge is 0.438 e. The molecule has 3 rings (SSSR count). The van der Waals surface area contributed by atoms with Crippen molar-refractivity contribution in [2.24, 2.45) is 5.10 Å². The van der Waals surface area contributed by atoms with E-state index in [0.29, 0.717) is 21.3 Å². The second kappa shape index (κ2) is 5.85. The highest BCUT2D eigenvalue weighted by Crippen LogP contribution is 2.43. The molecule has 1 aliphatic rings. The summed E-state index contributed by atoms with van der Waals surface area (Å²) in [6.07, 6.45) is -5.74. The number of anilines is 2. The number of hydrazone groups is 1. The monoisotopic (exact) mass is 371 g/mol. The van der Waals surface area contributed by atoms with Gasteiger partial charge in [-0.05, 0) is 24.6 Å². The van der Waals surface area contributed by atoms with Gasteiger partial charge in [0.15, 0.2) is 5.82 Å². The zero-order chi connectivity index (χ0) is 18.4. The number of alkyl halides is 3. The SMILES string of the molecule is Cc1cc(N2N=C(c3ccc(Cl)cc3)CC2(O)C(F)(F)F)nc(N)n1. The average molecular weight is 372 g/mol. The summed E-state index contributed by atoms with van der Waals surface area (Å²) in [5.74, 6) is -0.455. The fraction of sp³-hybridized carbons (Fsp3) is 0.267. The third-order valence-electron chi connectivity index (χ3n) is 3.69. The molecule has 0 spiro atoms. The van der Waals surface area contributed by atoms with E-state index < -0.39 is 18.3 Å². The maximum Gasteiger partial charge on any atom is 0.438 e. The first-order valence-electron chi connectivity index (χ1n) is 7.14. The minimum atomic E-state index is -4.97. The number of nitrogens with two attached hydrogens (primary N) is 1. The second-order valence-electron chi connectivity index (χ2n) is 5.58. The van der Waals surface area contributed by atoms with Gasteiger partial charge in [0.2, 0.25) is 5.95 Å². The van der Waals surface area contributed by atoms with E-state index in [0.717, 1.165) is 0 Å². The number of aliphatic hydroxyl groups is 1. The zero-order valence-corrected chi connectivity index (χ0v) is 13.7. The highest BCUT2D eigenvalue weighted by molar-refractivity contribution is 6.30. The highest BCUT2D eigenvalue weighted by atomic mass is 35.5. The fourth-order valence-electron chi connectivity index (χ4n) is 2.49. The van der Waals surface area contributed by atoms with E-state index in [9.17, 15) is 18.3 Å². The summed E-state index contributed by atoms with van der Waals surface area (Å²) < 4.78 is 40.7. The molecule has 1 aromatic carbocycles. The van der Waals surface area contributed by atoms with Gasteiger partial charge >= 0.3 is 6.18 Å². The van der Waals surface area contributed by atoms with Gasteiger partial charge < -0.3 is 10.8 Å². The molecule has 0 saturated carbocycles. The van der Waals surface area contributed by atoms with Crippen molar-refractivity contribution in [2.75, 3.05) is 10.7 Å². The number of nitrogen functional groups attached to an aromatic ring is 1. The lowest BCUT2D eigenvalue weighted by molar-refractivity contribution is -0.254. The van der Waals surface area contributed by atoms with Crippen molar-refractivity contribution in [1.29, 1.82) is 0 Å². The molecule has 2 aromatic rings. The van der Waals surface area contributed by atoms with Crippen LogP contribution in [0.2, 0.25) is 5.02 Å². The number of halogens is 4. The van der Waals surface area contributed by atoms with Crippen LogP contribution < -0.4 is 10.7 Å². The average Bonchev–Trinajstić information content (AvgIpc) is 2.86. The van der Waals surface area contributed by atoms with Crippen molar-refractivity contribution in [3.8, 4) is 0 Å². The Hall–Kier alpha value is -2.39. The lowest BCUT2D eigenvalue weighted by Crippen LogP contribution is -2.55. The van der Waals surface area contributed by atoms with Crippen LogP contribution in [0.4, 0.5) is 24.9 Å². The maximum atomic E-state index is 13.6. The van der Waals surface area contributed by atoms with Gasteiger partial charge in [-0.2, -0.15) is 23.3 Å². The number of hydrogen-bond acceptors (Lipinski definition) is 6. The molecule has 0 bridgehead atoms. The van der Waals surface area contributed by atoms with Gasteiger partial charge in [0.05, 0.1) is 12.1 Å². The van der Waals surface area contributed by atoms with E-state index in [-0.39, 0.29) is 17.5 Å². The molecule has 0 amide bonds. The van der Waals surface area contributed by atoms with Gasteiger partial charge in [-0.15, -0.1) is 0 Å². The molecule has 132 valence electrons. The van der Waals surface area contributed by atoms with E-state index in [1.807, 2.05) is 0 Å². The lowest BCUT2D eigenvalue weighted by atomic mass is 10.0. The standard InChI is InChI=1S/C15H13ClF3N5O/c1-8-6-12(22-13(20)21-8)24-14(25,15(17,18)19)7-11(23-24)9-2-4-10(16)5-3-9/h2-6,25H,7H2,1H3,(H2,20,21,22). The van der Waals surface area contributed by atoms with Gasteiger partial charge in [-0.1, -0.05) is 23.7 Å². The Balaban J connectivity index is 2.11. The Morgan fingerprint density at radius 1 is 1.24 bits per heavy atom. The summed E-state index contributed by atoms with van der Waals surface area (Å²) in [5, 5.41) is 15.2. The van der Waals surface area contributed by atoms with E-state index in [1.165, 1.54) is 30.3 Å². The molecule has 25 heavy (non-hydrogen) atoms. The third kappa shape index (κ3) is 3.12. The molecular weight excluding hydrogens is 359 g/mol. The first kappa shape index (κ1) is 17.4. The van der Waals surface area contributed by atoms with Crippen molar-refractivity contribution >= 4 is 29.1 Å². The molecule has 6 nitrogen and oxygen atoms in total. The first-order valence-corrected chi connectivity index (χ1v) is 7.52. The highest BCUT2D eigenvalue weighted by Gasteiger charge is 2.62. The quantitative estimate of drug-likeness (QED) is 0.847. The normalized spacial score (nSPS) is 20.7. The van der Waals surface area contributed by atoms with Crippen LogP contribution in [0.5, 0.6) is 0 Å². The summed E-state index contributed by atoms with van der Waals surface area (Å²) in [6.45, 7) is 1.55. The minimum Gasteiger partial charge on any atom is -0.368 e. The Kier molecular flexibility index (Phi) is 4.08. The Labute approximate surface area is 145 Å². The second-order valence-corrected chi connectivity index (χ2v) is 6.02. The summed E-state index contributed by atoms with van der Waals surface area (Å²) in [5.41, 5.74) is 3.08. The first-order chi connectivity index (χ1) is 11.6. The summed E-state index contributed by atoms with van der Waals surface area (Å²) in [6, 6.07) is 7.38. The van der Waals surface area contributed by atoms with E-state index in [4.69, 9.17) is 17.3 Å². The van der Waals surface area contributed by atoms with Gasteiger partial charge in [-0.3, -0.25) is 0 Å². The van der Waals surface area contributed by atoms with Crippen molar-refractivity contribution in [1.82, 2.24) is 9.97 Å². The minimum absolute atomic E-state index is 0.0475. The van der Waals surface area contributed by atoms with Crippen molar-refractivity contribution in [2.45, 2.75) is 25.2 Å². The predicted molar refractivity (Wildman–Crippen MR) is 87.3 cm³/mol. The van der Waals surface area contributed by atoms with Crippen molar-refractivity contribution in [3.05, 3.63) is 46.6 Å². The Bertz CT molecular complexity index is 820. The van der Waals surface area contributed by atoms with E-state index in [1.54, 1.807) is 6.92 Å². The lowest BCUT2D eigenvalue weighted by Gasteiger charge is -2.33. The summed E-state index contributed by atoms with van der Waals surface area (Å²) in [7, 11) is 0. The molecule has 0 aliphatic carbocycles. The smallest absolute Gasteiger partial charge is 0.368 e. The zero-order valence-electron chi connectivity index (χ0n) is 12.9. The topological polar surface area (TPSA) is 87.6 Å². The Morgan fingerprint density at radius 2 is 1.88 bits per heavy atom. The molecule has 3 N–H and O–H groups in total. The van der Waals surface area contributed by atoms with Crippen LogP contribution in [0, 0.1) is 6.92 Å². The summed E-state index contributed by atoms with van der Waals surface area (Å²) >= 11 is 5.80. The summed E-state index contributed by atoms with van der Waals surface area (Å²) in [4.78, 5) is 7.59. The Morgan fingerprint density at radius 3 is 2.44 bits per heavy atom. The maximum absolute atomic E-state index is 13.6. The number of aryl methyl sites for hydroxylation is 1. The number of hydrogen-bond donors (Lipinski definition) is 2. The van der Waals surface area contributed by atoms with Crippen molar-refractivity contribution in [3.63, 3.8) is 0 Å². The van der Waals surface area contributed by atoms with E-state index >= 15 is 0 Å². The van der Waals surface area contributed by atoms with Crippen LogP contribution in [-0.4, -0.2) is 32.7 Å². The number of rotatable bonds is 2. The van der Waals surface area contributed by atoms with Crippen LogP contribution in [0.3, 0.4) is 0 Å². The van der Waals surface area contributed by atoms with Gasteiger partial charge in [0, 0.05) is 16.8 Å². The molecule has 10 heteroatoms. The van der Waals surface area contributed by atoms with Crippen LogP contribution >= 0.6 is 11.6 Å². The number of nitrogens with zero attached hydrogens (tertiary/aromatic N) is 4. The van der Waals surface area contributed by atoms with E-state index in [2.05, 4.69) is 15.1 Å². The molecule has 1 aromatic heterocycles. The van der Waals surface area contributed by atoms with Crippen LogP contribution in [-0.2, 0) is 0 Å². The van der Waals surface area contributed by atoms with Gasteiger partial charge in [0.25, 0.3) is 5.72 Å². The van der Waals surface area contributed by atoms with Crippen LogP contribution in [0.1, 0.15) is 17.7 Å².